The summed E-state index contributed by atoms with van der Waals surface area (Å²) in [5.74, 6) is 2.50. The van der Waals surface area contributed by atoms with Gasteiger partial charge in [0.2, 0.25) is 0 Å². The van der Waals surface area contributed by atoms with Crippen molar-refractivity contribution in [2.24, 2.45) is 17.8 Å². The van der Waals surface area contributed by atoms with Crippen LogP contribution in [0.5, 0.6) is 0 Å². The van der Waals surface area contributed by atoms with Gasteiger partial charge in [-0.3, -0.25) is 4.79 Å². The molecule has 2 fully saturated rings. The SMILES string of the molecule is O=C(Nc1ccccc1Cl)c1ccc2c(c1)[C@H]1[C@H]3CC[C@H](C3)[C@@H]1[C@H](c1ccccc1)N2. The van der Waals surface area contributed by atoms with Gasteiger partial charge in [0.25, 0.3) is 5.91 Å². The van der Waals surface area contributed by atoms with Crippen molar-refractivity contribution in [1.29, 1.82) is 0 Å². The van der Waals surface area contributed by atoms with Gasteiger partial charge < -0.3 is 10.6 Å². The third-order valence-electron chi connectivity index (χ3n) is 7.63. The molecule has 2 bridgehead atoms. The summed E-state index contributed by atoms with van der Waals surface area (Å²) in [5.41, 5.74) is 5.21. The number of hydrogen-bond donors (Lipinski definition) is 2. The number of carbonyl (C=O) groups is 1. The molecule has 6 rings (SSSR count). The van der Waals surface area contributed by atoms with Crippen LogP contribution in [0.4, 0.5) is 11.4 Å². The molecule has 5 atom stereocenters. The first kappa shape index (κ1) is 18.9. The Balaban J connectivity index is 1.36. The molecule has 0 spiro atoms. The van der Waals surface area contributed by atoms with Crippen LogP contribution < -0.4 is 10.6 Å². The minimum atomic E-state index is -0.110. The second-order valence-corrected chi connectivity index (χ2v) is 9.61. The molecule has 4 heteroatoms. The van der Waals surface area contributed by atoms with Crippen LogP contribution >= 0.6 is 11.6 Å². The van der Waals surface area contributed by atoms with Gasteiger partial charge in [0, 0.05) is 11.3 Å². The van der Waals surface area contributed by atoms with E-state index < -0.39 is 0 Å². The second-order valence-electron chi connectivity index (χ2n) is 9.21. The Morgan fingerprint density at radius 1 is 0.935 bits per heavy atom. The number of anilines is 2. The zero-order valence-corrected chi connectivity index (χ0v) is 18.0. The maximum absolute atomic E-state index is 13.0. The highest BCUT2D eigenvalue weighted by atomic mass is 35.5. The summed E-state index contributed by atoms with van der Waals surface area (Å²) in [7, 11) is 0. The molecule has 0 saturated heterocycles. The van der Waals surface area contributed by atoms with Crippen molar-refractivity contribution >= 4 is 28.9 Å². The number of halogens is 1. The smallest absolute Gasteiger partial charge is 0.255 e. The fraction of sp³-hybridized carbons (Fsp3) is 0.296. The van der Waals surface area contributed by atoms with Crippen LogP contribution in [-0.4, -0.2) is 5.91 Å². The van der Waals surface area contributed by atoms with Gasteiger partial charge in [-0.2, -0.15) is 0 Å². The molecule has 3 aliphatic rings. The summed E-state index contributed by atoms with van der Waals surface area (Å²) in [5, 5.41) is 7.36. The summed E-state index contributed by atoms with van der Waals surface area (Å²) >= 11 is 6.24. The molecular weight excluding hydrogens is 404 g/mol. The molecule has 2 saturated carbocycles. The molecule has 1 heterocycles. The van der Waals surface area contributed by atoms with Crippen molar-refractivity contribution in [1.82, 2.24) is 0 Å². The number of rotatable bonds is 3. The second kappa shape index (κ2) is 7.42. The highest BCUT2D eigenvalue weighted by molar-refractivity contribution is 6.33. The molecule has 156 valence electrons. The molecule has 3 aromatic carbocycles. The van der Waals surface area contributed by atoms with Gasteiger partial charge in [0.05, 0.1) is 16.8 Å². The number of para-hydroxylation sites is 1. The number of fused-ring (bicyclic) bond motifs is 7. The summed E-state index contributed by atoms with van der Waals surface area (Å²) in [4.78, 5) is 13.0. The third-order valence-corrected chi connectivity index (χ3v) is 7.96. The van der Waals surface area contributed by atoms with E-state index in [0.717, 1.165) is 11.8 Å². The van der Waals surface area contributed by atoms with E-state index >= 15 is 0 Å². The lowest BCUT2D eigenvalue weighted by molar-refractivity contribution is 0.102. The van der Waals surface area contributed by atoms with Crippen LogP contribution in [0.2, 0.25) is 5.02 Å². The Kier molecular flexibility index (Phi) is 4.53. The van der Waals surface area contributed by atoms with E-state index in [4.69, 9.17) is 11.6 Å². The van der Waals surface area contributed by atoms with E-state index in [1.165, 1.54) is 36.1 Å². The fourth-order valence-corrected chi connectivity index (χ4v) is 6.56. The summed E-state index contributed by atoms with van der Waals surface area (Å²) in [6.45, 7) is 0. The van der Waals surface area contributed by atoms with Crippen molar-refractivity contribution in [2.75, 3.05) is 10.6 Å². The summed E-state index contributed by atoms with van der Waals surface area (Å²) < 4.78 is 0. The maximum Gasteiger partial charge on any atom is 0.255 e. The lowest BCUT2D eigenvalue weighted by Gasteiger charge is -2.43. The van der Waals surface area contributed by atoms with Crippen LogP contribution in [0.1, 0.15) is 52.7 Å². The van der Waals surface area contributed by atoms with E-state index in [1.807, 2.05) is 24.3 Å². The predicted octanol–water partition coefficient (Wildman–Crippen LogP) is 6.89. The average Bonchev–Trinajstić information content (AvgIpc) is 3.43. The standard InChI is InChI=1S/C27H25ClN2O/c28-21-8-4-5-9-23(21)30-27(31)19-12-13-22-20(15-19)24-17-10-11-18(14-17)25(24)26(29-22)16-6-2-1-3-7-16/h1-9,12-13,15,17-18,24-26,29H,10-11,14H2,(H,30,31)/t17-,18+,24+,25-,26-/m0/s1. The monoisotopic (exact) mass is 428 g/mol. The molecule has 2 aliphatic carbocycles. The van der Waals surface area contributed by atoms with E-state index in [1.54, 1.807) is 6.07 Å². The van der Waals surface area contributed by atoms with Crippen molar-refractivity contribution in [3.8, 4) is 0 Å². The van der Waals surface area contributed by atoms with E-state index in [-0.39, 0.29) is 5.91 Å². The topological polar surface area (TPSA) is 41.1 Å². The Morgan fingerprint density at radius 3 is 2.55 bits per heavy atom. The van der Waals surface area contributed by atoms with E-state index in [2.05, 4.69) is 53.1 Å². The average molecular weight is 429 g/mol. The lowest BCUT2D eigenvalue weighted by atomic mass is 9.68. The molecule has 3 aromatic rings. The largest absolute Gasteiger partial charge is 0.378 e. The molecule has 31 heavy (non-hydrogen) atoms. The molecule has 3 nitrogen and oxygen atoms in total. The van der Waals surface area contributed by atoms with Gasteiger partial charge in [0.15, 0.2) is 0 Å². The summed E-state index contributed by atoms with van der Waals surface area (Å²) in [6.07, 6.45) is 3.96. The summed E-state index contributed by atoms with van der Waals surface area (Å²) in [6, 6.07) is 24.7. The number of hydrogen-bond acceptors (Lipinski definition) is 2. The predicted molar refractivity (Wildman–Crippen MR) is 126 cm³/mol. The normalized spacial score (nSPS) is 27.8. The molecule has 1 amide bonds. The van der Waals surface area contributed by atoms with Crippen LogP contribution in [-0.2, 0) is 0 Å². The molecule has 0 unspecified atom stereocenters. The van der Waals surface area contributed by atoms with Gasteiger partial charge in [-0.05, 0) is 84.4 Å². The molecule has 1 aliphatic heterocycles. The van der Waals surface area contributed by atoms with Crippen molar-refractivity contribution in [3.63, 3.8) is 0 Å². The number of benzene rings is 3. The first-order chi connectivity index (χ1) is 15.2. The van der Waals surface area contributed by atoms with Crippen LogP contribution in [0, 0.1) is 17.8 Å². The maximum atomic E-state index is 13.0. The van der Waals surface area contributed by atoms with Crippen LogP contribution in [0.3, 0.4) is 0 Å². The first-order valence-corrected chi connectivity index (χ1v) is 11.6. The van der Waals surface area contributed by atoms with Crippen molar-refractivity contribution in [2.45, 2.75) is 31.2 Å². The number of nitrogens with one attached hydrogen (secondary N) is 2. The van der Waals surface area contributed by atoms with Gasteiger partial charge in [-0.1, -0.05) is 54.1 Å². The molecule has 0 radical (unpaired) electrons. The number of carbonyl (C=O) groups excluding carboxylic acids is 1. The first-order valence-electron chi connectivity index (χ1n) is 11.2. The Hall–Kier alpha value is -2.78. The van der Waals surface area contributed by atoms with Crippen molar-refractivity contribution in [3.05, 3.63) is 94.5 Å². The van der Waals surface area contributed by atoms with Gasteiger partial charge in [-0.15, -0.1) is 0 Å². The lowest BCUT2D eigenvalue weighted by Crippen LogP contribution is -2.35. The zero-order chi connectivity index (χ0) is 20.9. The minimum absolute atomic E-state index is 0.110. The highest BCUT2D eigenvalue weighted by Gasteiger charge is 2.53. The van der Waals surface area contributed by atoms with Gasteiger partial charge in [-0.25, -0.2) is 0 Å². The minimum Gasteiger partial charge on any atom is -0.378 e. The van der Waals surface area contributed by atoms with Gasteiger partial charge >= 0.3 is 0 Å². The van der Waals surface area contributed by atoms with Gasteiger partial charge in [0.1, 0.15) is 0 Å². The van der Waals surface area contributed by atoms with Crippen molar-refractivity contribution < 1.29 is 4.79 Å². The molecular formula is C27H25ClN2O. The Labute approximate surface area is 187 Å². The van der Waals surface area contributed by atoms with E-state index in [9.17, 15) is 4.79 Å². The third kappa shape index (κ3) is 3.14. The molecule has 0 aromatic heterocycles. The van der Waals surface area contributed by atoms with Crippen LogP contribution in [0.15, 0.2) is 72.8 Å². The zero-order valence-electron chi connectivity index (χ0n) is 17.2. The van der Waals surface area contributed by atoms with Crippen LogP contribution in [0.25, 0.3) is 0 Å². The Bertz CT molecular complexity index is 1140. The molecule has 2 N–H and O–H groups in total. The fourth-order valence-electron chi connectivity index (χ4n) is 6.37. The Morgan fingerprint density at radius 2 is 1.71 bits per heavy atom. The highest BCUT2D eigenvalue weighted by Crippen LogP contribution is 2.63. The quantitative estimate of drug-likeness (QED) is 0.477. The number of amides is 1. The van der Waals surface area contributed by atoms with E-state index in [0.29, 0.717) is 34.2 Å².